The Labute approximate surface area is 173 Å². The number of carbonyl (C=O) groups is 1. The number of fused-ring (bicyclic) bond motifs is 1. The van der Waals surface area contributed by atoms with Crippen molar-refractivity contribution in [3.8, 4) is 0 Å². The lowest BCUT2D eigenvalue weighted by Gasteiger charge is -2.21. The molecule has 1 atom stereocenters. The molecule has 0 N–H and O–H groups in total. The van der Waals surface area contributed by atoms with E-state index in [1.54, 1.807) is 12.1 Å². The molecule has 1 aromatic heterocycles. The first-order chi connectivity index (χ1) is 13.7. The number of rotatable bonds is 5. The fraction of sp³-hybridized carbons (Fsp3) is 0.609. The lowest BCUT2D eigenvalue weighted by molar-refractivity contribution is 0.00689. The zero-order valence-corrected chi connectivity index (χ0v) is 18.3. The molecule has 0 aliphatic heterocycles. The van der Waals surface area contributed by atoms with E-state index in [1.165, 1.54) is 18.5 Å². The summed E-state index contributed by atoms with van der Waals surface area (Å²) < 4.78 is 13.7. The van der Waals surface area contributed by atoms with E-state index in [-0.39, 0.29) is 12.1 Å². The number of ether oxygens (including phenoxy) is 2. The van der Waals surface area contributed by atoms with Crippen LogP contribution >= 0.6 is 0 Å². The van der Waals surface area contributed by atoms with Crippen LogP contribution in [-0.4, -0.2) is 26.6 Å². The van der Waals surface area contributed by atoms with Gasteiger partial charge in [-0.3, -0.25) is 0 Å². The number of benzene rings is 1. The second-order valence-electron chi connectivity index (χ2n) is 9.06. The molecular formula is C23H33N3O3. The van der Waals surface area contributed by atoms with Gasteiger partial charge >= 0.3 is 5.97 Å². The average molecular weight is 400 g/mol. The van der Waals surface area contributed by atoms with Crippen LogP contribution in [0.1, 0.15) is 99.8 Å². The molecule has 6 heteroatoms. The predicted octanol–water partition coefficient (Wildman–Crippen LogP) is 5.19. The monoisotopic (exact) mass is 399 g/mol. The summed E-state index contributed by atoms with van der Waals surface area (Å²) >= 11 is 0. The smallest absolute Gasteiger partial charge is 0.338 e. The molecule has 1 aliphatic carbocycles. The van der Waals surface area contributed by atoms with Gasteiger partial charge in [-0.05, 0) is 71.6 Å². The van der Waals surface area contributed by atoms with Crippen molar-refractivity contribution in [1.82, 2.24) is 15.0 Å². The molecule has 158 valence electrons. The molecule has 1 heterocycles. The number of esters is 1. The number of aromatic nitrogens is 3. The van der Waals surface area contributed by atoms with E-state index in [9.17, 15) is 4.79 Å². The Morgan fingerprint density at radius 2 is 1.90 bits per heavy atom. The molecule has 1 aromatic carbocycles. The molecule has 0 saturated heterocycles. The maximum atomic E-state index is 12.2. The summed E-state index contributed by atoms with van der Waals surface area (Å²) in [6.45, 7) is 10.3. The lowest BCUT2D eigenvalue weighted by atomic mass is 9.98. The standard InChI is InChI=1S/C23H33N3O3/c1-16(2)26-19-9-7-6-8-10-20(21(19)24-25-26)28-15-17-11-13-18(14-12-17)22(27)29-23(3,4)5/h11-14,16,20H,6-10,15H2,1-5H3. The fourth-order valence-electron chi connectivity index (χ4n) is 3.60. The van der Waals surface area contributed by atoms with Gasteiger partial charge in [0.1, 0.15) is 17.4 Å². The minimum absolute atomic E-state index is 0.0386. The predicted molar refractivity (Wildman–Crippen MR) is 112 cm³/mol. The van der Waals surface area contributed by atoms with E-state index in [4.69, 9.17) is 9.47 Å². The Balaban J connectivity index is 1.67. The molecule has 0 bridgehead atoms. The van der Waals surface area contributed by atoms with Gasteiger partial charge in [0.15, 0.2) is 0 Å². The largest absolute Gasteiger partial charge is 0.456 e. The molecule has 0 saturated carbocycles. The summed E-state index contributed by atoms with van der Waals surface area (Å²) in [5.74, 6) is -0.306. The van der Waals surface area contributed by atoms with Crippen molar-refractivity contribution in [3.05, 3.63) is 46.8 Å². The van der Waals surface area contributed by atoms with Crippen LogP contribution in [0.15, 0.2) is 24.3 Å². The Morgan fingerprint density at radius 1 is 1.17 bits per heavy atom. The van der Waals surface area contributed by atoms with Crippen molar-refractivity contribution in [2.75, 3.05) is 0 Å². The summed E-state index contributed by atoms with van der Waals surface area (Å²) in [7, 11) is 0. The minimum Gasteiger partial charge on any atom is -0.456 e. The highest BCUT2D eigenvalue weighted by atomic mass is 16.6. The molecule has 0 amide bonds. The summed E-state index contributed by atoms with van der Waals surface area (Å²) in [6, 6.07) is 7.74. The SMILES string of the molecule is CC(C)n1nnc2c1CCCCCC2OCc1ccc(C(=O)OC(C)(C)C)cc1. The van der Waals surface area contributed by atoms with E-state index in [0.717, 1.165) is 30.5 Å². The molecule has 0 fully saturated rings. The molecule has 3 rings (SSSR count). The molecular weight excluding hydrogens is 366 g/mol. The van der Waals surface area contributed by atoms with Crippen LogP contribution in [0.2, 0.25) is 0 Å². The van der Waals surface area contributed by atoms with E-state index in [1.807, 2.05) is 37.6 Å². The summed E-state index contributed by atoms with van der Waals surface area (Å²) in [4.78, 5) is 12.2. The van der Waals surface area contributed by atoms with Gasteiger partial charge in [-0.2, -0.15) is 0 Å². The van der Waals surface area contributed by atoms with Crippen LogP contribution in [0.5, 0.6) is 0 Å². The van der Waals surface area contributed by atoms with Gasteiger partial charge in [0.05, 0.1) is 17.9 Å². The Bertz CT molecular complexity index is 819. The maximum absolute atomic E-state index is 12.2. The summed E-state index contributed by atoms with van der Waals surface area (Å²) in [5, 5.41) is 8.85. The number of nitrogens with zero attached hydrogens (tertiary/aromatic N) is 3. The number of hydrogen-bond donors (Lipinski definition) is 0. The quantitative estimate of drug-likeness (QED) is 0.648. The summed E-state index contributed by atoms with van der Waals surface area (Å²) in [5.41, 5.74) is 3.28. The topological polar surface area (TPSA) is 66.2 Å². The molecule has 2 aromatic rings. The Kier molecular flexibility index (Phi) is 6.73. The van der Waals surface area contributed by atoms with E-state index in [0.29, 0.717) is 18.2 Å². The van der Waals surface area contributed by atoms with Crippen molar-refractivity contribution >= 4 is 5.97 Å². The van der Waals surface area contributed by atoms with Crippen LogP contribution in [-0.2, 0) is 22.5 Å². The van der Waals surface area contributed by atoms with Crippen molar-refractivity contribution in [2.24, 2.45) is 0 Å². The third-order valence-corrected chi connectivity index (χ3v) is 5.03. The molecule has 29 heavy (non-hydrogen) atoms. The van der Waals surface area contributed by atoms with E-state index in [2.05, 4.69) is 24.2 Å². The highest BCUT2D eigenvalue weighted by molar-refractivity contribution is 5.89. The van der Waals surface area contributed by atoms with Crippen molar-refractivity contribution in [1.29, 1.82) is 0 Å². The summed E-state index contributed by atoms with van der Waals surface area (Å²) in [6.07, 6.45) is 5.43. The normalized spacial score (nSPS) is 17.5. The van der Waals surface area contributed by atoms with Crippen LogP contribution < -0.4 is 0 Å². The first-order valence-corrected chi connectivity index (χ1v) is 10.6. The van der Waals surface area contributed by atoms with Crippen LogP contribution in [0, 0.1) is 0 Å². The van der Waals surface area contributed by atoms with Gasteiger partial charge in [-0.15, -0.1) is 5.10 Å². The molecule has 1 aliphatic rings. The van der Waals surface area contributed by atoms with Gasteiger partial charge < -0.3 is 9.47 Å². The van der Waals surface area contributed by atoms with Crippen molar-refractivity contribution < 1.29 is 14.3 Å². The second-order valence-corrected chi connectivity index (χ2v) is 9.06. The maximum Gasteiger partial charge on any atom is 0.338 e. The first-order valence-electron chi connectivity index (χ1n) is 10.6. The van der Waals surface area contributed by atoms with Gasteiger partial charge in [-0.25, -0.2) is 9.48 Å². The third kappa shape index (κ3) is 5.66. The van der Waals surface area contributed by atoms with Crippen LogP contribution in [0.25, 0.3) is 0 Å². The molecule has 0 spiro atoms. The van der Waals surface area contributed by atoms with Crippen molar-refractivity contribution in [2.45, 2.75) is 91.1 Å². The third-order valence-electron chi connectivity index (χ3n) is 5.03. The van der Waals surface area contributed by atoms with Gasteiger partial charge in [0.25, 0.3) is 0 Å². The highest BCUT2D eigenvalue weighted by Crippen LogP contribution is 2.31. The Hall–Kier alpha value is -2.21. The number of carbonyl (C=O) groups excluding carboxylic acids is 1. The van der Waals surface area contributed by atoms with Crippen LogP contribution in [0.3, 0.4) is 0 Å². The average Bonchev–Trinajstić information content (AvgIpc) is 3.04. The molecule has 6 nitrogen and oxygen atoms in total. The van der Waals surface area contributed by atoms with Gasteiger partial charge in [0, 0.05) is 6.04 Å². The lowest BCUT2D eigenvalue weighted by Crippen LogP contribution is -2.23. The number of hydrogen-bond acceptors (Lipinski definition) is 5. The van der Waals surface area contributed by atoms with E-state index >= 15 is 0 Å². The van der Waals surface area contributed by atoms with Gasteiger partial charge in [0.2, 0.25) is 0 Å². The Morgan fingerprint density at radius 3 is 2.55 bits per heavy atom. The van der Waals surface area contributed by atoms with E-state index < -0.39 is 5.60 Å². The zero-order valence-electron chi connectivity index (χ0n) is 18.3. The second kappa shape index (κ2) is 9.08. The highest BCUT2D eigenvalue weighted by Gasteiger charge is 2.25. The fourth-order valence-corrected chi connectivity index (χ4v) is 3.60. The molecule has 1 unspecified atom stereocenters. The zero-order chi connectivity index (χ0) is 21.0. The minimum atomic E-state index is -0.498. The molecule has 0 radical (unpaired) electrons. The van der Waals surface area contributed by atoms with Gasteiger partial charge in [-0.1, -0.05) is 30.2 Å². The van der Waals surface area contributed by atoms with Crippen molar-refractivity contribution in [3.63, 3.8) is 0 Å². The first kappa shape index (κ1) is 21.5. The van der Waals surface area contributed by atoms with Crippen LogP contribution in [0.4, 0.5) is 0 Å².